The van der Waals surface area contributed by atoms with Gasteiger partial charge in [0.25, 0.3) is 0 Å². The Labute approximate surface area is 75.0 Å². The summed E-state index contributed by atoms with van der Waals surface area (Å²) in [6.07, 6.45) is 1.40. The SMILES string of the molecule is C=CC(NN)c1cc(F)ccc1F. The van der Waals surface area contributed by atoms with E-state index in [-0.39, 0.29) is 5.56 Å². The summed E-state index contributed by atoms with van der Waals surface area (Å²) in [4.78, 5) is 0. The number of halogens is 2. The number of nitrogens with one attached hydrogen (secondary N) is 1. The van der Waals surface area contributed by atoms with Crippen molar-refractivity contribution in [2.45, 2.75) is 6.04 Å². The summed E-state index contributed by atoms with van der Waals surface area (Å²) < 4.78 is 25.8. The van der Waals surface area contributed by atoms with Gasteiger partial charge in [-0.05, 0) is 18.2 Å². The molecule has 0 radical (unpaired) electrons. The van der Waals surface area contributed by atoms with Crippen LogP contribution in [0.3, 0.4) is 0 Å². The highest BCUT2D eigenvalue weighted by Gasteiger charge is 2.11. The lowest BCUT2D eigenvalue weighted by molar-refractivity contribution is 0.552. The van der Waals surface area contributed by atoms with E-state index in [1.807, 2.05) is 0 Å². The Balaban J connectivity index is 3.10. The van der Waals surface area contributed by atoms with E-state index in [1.165, 1.54) is 6.08 Å². The molecule has 1 unspecified atom stereocenters. The summed E-state index contributed by atoms with van der Waals surface area (Å²) >= 11 is 0. The van der Waals surface area contributed by atoms with E-state index in [1.54, 1.807) is 0 Å². The van der Waals surface area contributed by atoms with Gasteiger partial charge in [0.2, 0.25) is 0 Å². The molecular formula is C9H10F2N2. The van der Waals surface area contributed by atoms with Crippen molar-refractivity contribution in [3.8, 4) is 0 Å². The number of rotatable bonds is 3. The molecule has 0 saturated carbocycles. The monoisotopic (exact) mass is 184 g/mol. The lowest BCUT2D eigenvalue weighted by atomic mass is 10.1. The van der Waals surface area contributed by atoms with Crippen molar-refractivity contribution >= 4 is 0 Å². The first-order valence-electron chi connectivity index (χ1n) is 3.72. The Kier molecular flexibility index (Phi) is 3.11. The fraction of sp³-hybridized carbons (Fsp3) is 0.111. The van der Waals surface area contributed by atoms with Gasteiger partial charge in [0, 0.05) is 5.56 Å². The topological polar surface area (TPSA) is 38.0 Å². The first kappa shape index (κ1) is 9.83. The zero-order valence-electron chi connectivity index (χ0n) is 6.93. The molecule has 0 spiro atoms. The first-order chi connectivity index (χ1) is 6.19. The lowest BCUT2D eigenvalue weighted by Crippen LogP contribution is -2.27. The molecule has 0 aromatic heterocycles. The molecule has 1 aromatic rings. The molecule has 70 valence electrons. The molecule has 3 N–H and O–H groups in total. The van der Waals surface area contributed by atoms with Gasteiger partial charge in [0.1, 0.15) is 11.6 Å². The van der Waals surface area contributed by atoms with Crippen LogP contribution in [0.2, 0.25) is 0 Å². The highest BCUT2D eigenvalue weighted by Crippen LogP contribution is 2.18. The predicted molar refractivity (Wildman–Crippen MR) is 46.6 cm³/mol. The molecule has 0 amide bonds. The summed E-state index contributed by atoms with van der Waals surface area (Å²) in [6.45, 7) is 3.45. The van der Waals surface area contributed by atoms with Gasteiger partial charge in [-0.15, -0.1) is 6.58 Å². The van der Waals surface area contributed by atoms with Crippen molar-refractivity contribution < 1.29 is 8.78 Å². The third-order valence-corrected chi connectivity index (χ3v) is 1.71. The maximum Gasteiger partial charge on any atom is 0.128 e. The normalized spacial score (nSPS) is 12.5. The highest BCUT2D eigenvalue weighted by atomic mass is 19.1. The Bertz CT molecular complexity index is 312. The Hall–Kier alpha value is -1.26. The maximum atomic E-state index is 13.1. The third-order valence-electron chi connectivity index (χ3n) is 1.71. The molecule has 4 heteroatoms. The minimum absolute atomic E-state index is 0.150. The zero-order chi connectivity index (χ0) is 9.84. The number of hydrazine groups is 1. The van der Waals surface area contributed by atoms with Gasteiger partial charge in [0.15, 0.2) is 0 Å². The average molecular weight is 184 g/mol. The standard InChI is InChI=1S/C9H10F2N2/c1-2-9(13-12)7-5-6(10)3-4-8(7)11/h2-5,9,13H,1,12H2. The molecule has 1 atom stereocenters. The van der Waals surface area contributed by atoms with Gasteiger partial charge in [-0.2, -0.15) is 0 Å². The van der Waals surface area contributed by atoms with Crippen LogP contribution in [0.5, 0.6) is 0 Å². The van der Waals surface area contributed by atoms with Crippen LogP contribution in [0.15, 0.2) is 30.9 Å². The highest BCUT2D eigenvalue weighted by molar-refractivity contribution is 5.25. The van der Waals surface area contributed by atoms with Gasteiger partial charge in [-0.3, -0.25) is 5.84 Å². The molecule has 0 aliphatic rings. The van der Waals surface area contributed by atoms with Gasteiger partial charge < -0.3 is 0 Å². The summed E-state index contributed by atoms with van der Waals surface area (Å²) in [7, 11) is 0. The number of nitrogens with two attached hydrogens (primary N) is 1. The van der Waals surface area contributed by atoms with Crippen LogP contribution in [-0.4, -0.2) is 0 Å². The maximum absolute atomic E-state index is 13.1. The number of hydrogen-bond donors (Lipinski definition) is 2. The van der Waals surface area contributed by atoms with Crippen LogP contribution < -0.4 is 11.3 Å². The van der Waals surface area contributed by atoms with Crippen molar-refractivity contribution in [3.63, 3.8) is 0 Å². The van der Waals surface area contributed by atoms with Gasteiger partial charge >= 0.3 is 0 Å². The van der Waals surface area contributed by atoms with Crippen molar-refractivity contribution in [1.29, 1.82) is 0 Å². The van der Waals surface area contributed by atoms with Crippen LogP contribution in [0.25, 0.3) is 0 Å². The zero-order valence-corrected chi connectivity index (χ0v) is 6.93. The Morgan fingerprint density at radius 1 is 1.46 bits per heavy atom. The fourth-order valence-corrected chi connectivity index (χ4v) is 1.04. The van der Waals surface area contributed by atoms with E-state index in [4.69, 9.17) is 5.84 Å². The van der Waals surface area contributed by atoms with E-state index in [2.05, 4.69) is 12.0 Å². The molecule has 0 bridgehead atoms. The second-order valence-corrected chi connectivity index (χ2v) is 2.55. The Morgan fingerprint density at radius 3 is 2.69 bits per heavy atom. The molecule has 1 aromatic carbocycles. The third kappa shape index (κ3) is 2.11. The first-order valence-corrected chi connectivity index (χ1v) is 3.72. The summed E-state index contributed by atoms with van der Waals surface area (Å²) in [6, 6.07) is 2.62. The fourth-order valence-electron chi connectivity index (χ4n) is 1.04. The number of hydrogen-bond acceptors (Lipinski definition) is 2. The molecule has 0 fully saturated rings. The average Bonchev–Trinajstić information content (AvgIpc) is 2.13. The minimum atomic E-state index is -0.573. The van der Waals surface area contributed by atoms with Crippen molar-refractivity contribution in [2.24, 2.45) is 5.84 Å². The smallest absolute Gasteiger partial charge is 0.128 e. The molecular weight excluding hydrogens is 174 g/mol. The van der Waals surface area contributed by atoms with Crippen LogP contribution in [-0.2, 0) is 0 Å². The van der Waals surface area contributed by atoms with Crippen molar-refractivity contribution in [2.75, 3.05) is 0 Å². The summed E-state index contributed by atoms with van der Waals surface area (Å²) in [5.41, 5.74) is 2.46. The van der Waals surface area contributed by atoms with Gasteiger partial charge in [-0.1, -0.05) is 6.08 Å². The molecule has 1 rings (SSSR count). The largest absolute Gasteiger partial charge is 0.271 e. The molecule has 2 nitrogen and oxygen atoms in total. The van der Waals surface area contributed by atoms with E-state index in [9.17, 15) is 8.78 Å². The molecule has 0 aliphatic carbocycles. The van der Waals surface area contributed by atoms with Crippen molar-refractivity contribution in [1.82, 2.24) is 5.43 Å². The van der Waals surface area contributed by atoms with Crippen LogP contribution in [0.4, 0.5) is 8.78 Å². The number of benzene rings is 1. The summed E-state index contributed by atoms with van der Waals surface area (Å²) in [5, 5.41) is 0. The quantitative estimate of drug-likeness (QED) is 0.426. The molecule has 0 aliphatic heterocycles. The predicted octanol–water partition coefficient (Wildman–Crippen LogP) is 1.66. The van der Waals surface area contributed by atoms with E-state index in [0.29, 0.717) is 0 Å². The van der Waals surface area contributed by atoms with Crippen molar-refractivity contribution in [3.05, 3.63) is 48.1 Å². The minimum Gasteiger partial charge on any atom is -0.271 e. The molecule has 0 saturated heterocycles. The summed E-state index contributed by atoms with van der Waals surface area (Å²) in [5.74, 6) is 4.11. The van der Waals surface area contributed by atoms with E-state index < -0.39 is 17.7 Å². The Morgan fingerprint density at radius 2 is 2.15 bits per heavy atom. The van der Waals surface area contributed by atoms with Gasteiger partial charge in [0.05, 0.1) is 6.04 Å². The van der Waals surface area contributed by atoms with Gasteiger partial charge in [-0.25, -0.2) is 14.2 Å². The molecule has 0 heterocycles. The second-order valence-electron chi connectivity index (χ2n) is 2.55. The molecule has 13 heavy (non-hydrogen) atoms. The van der Waals surface area contributed by atoms with E-state index >= 15 is 0 Å². The van der Waals surface area contributed by atoms with E-state index in [0.717, 1.165) is 18.2 Å². The second kappa shape index (κ2) is 4.11. The van der Waals surface area contributed by atoms with Crippen LogP contribution in [0.1, 0.15) is 11.6 Å². The lowest BCUT2D eigenvalue weighted by Gasteiger charge is -2.11. The van der Waals surface area contributed by atoms with Crippen LogP contribution >= 0.6 is 0 Å². The van der Waals surface area contributed by atoms with Crippen LogP contribution in [0, 0.1) is 11.6 Å².